The smallest absolute Gasteiger partial charge is 0.0920 e. The van der Waals surface area contributed by atoms with Gasteiger partial charge in [-0.3, -0.25) is 0 Å². The number of hydrogen-bond acceptors (Lipinski definition) is 1. The van der Waals surface area contributed by atoms with Crippen LogP contribution in [0.15, 0.2) is 24.0 Å². The topological polar surface area (TPSA) is 20.2 Å². The highest BCUT2D eigenvalue weighted by molar-refractivity contribution is 5.18. The molecule has 0 aliphatic heterocycles. The van der Waals surface area contributed by atoms with E-state index in [2.05, 4.69) is 13.5 Å². The Morgan fingerprint density at radius 3 is 2.58 bits per heavy atom. The zero-order valence-corrected chi connectivity index (χ0v) is 16.2. The Balaban J connectivity index is 0.000000815. The molecule has 0 amide bonds. The lowest BCUT2D eigenvalue weighted by atomic mass is 9.51. The van der Waals surface area contributed by atoms with Gasteiger partial charge in [0, 0.05) is 6.42 Å². The maximum Gasteiger partial charge on any atom is 0.0920 e. The van der Waals surface area contributed by atoms with E-state index in [1.807, 2.05) is 19.9 Å². The number of aliphatic hydroxyl groups excluding tert-OH is 1. The molecule has 136 valence electrons. The molecule has 0 aromatic rings. The Kier molecular flexibility index (Phi) is 5.47. The van der Waals surface area contributed by atoms with E-state index in [1.165, 1.54) is 50.5 Å². The lowest BCUT2D eigenvalue weighted by Gasteiger charge is -2.54. The molecular weight excluding hydrogens is 292 g/mol. The van der Waals surface area contributed by atoms with Crippen molar-refractivity contribution >= 4 is 0 Å². The third-order valence-corrected chi connectivity index (χ3v) is 8.04. The molecule has 6 atom stereocenters. The minimum absolute atomic E-state index is 0.671. The van der Waals surface area contributed by atoms with Crippen LogP contribution in [0.25, 0.3) is 0 Å². The van der Waals surface area contributed by atoms with Crippen LogP contribution in [0, 0.1) is 35.0 Å². The van der Waals surface area contributed by atoms with E-state index in [0.717, 1.165) is 48.9 Å². The van der Waals surface area contributed by atoms with Crippen molar-refractivity contribution in [3.05, 3.63) is 24.0 Å². The summed E-state index contributed by atoms with van der Waals surface area (Å²) in [6, 6.07) is 0. The van der Waals surface area contributed by atoms with Gasteiger partial charge < -0.3 is 5.11 Å². The van der Waals surface area contributed by atoms with Gasteiger partial charge >= 0.3 is 0 Å². The van der Waals surface area contributed by atoms with Gasteiger partial charge in [-0.05, 0) is 91.9 Å². The molecule has 0 saturated heterocycles. The average Bonchev–Trinajstić information content (AvgIpc) is 2.99. The molecule has 3 fully saturated rings. The number of allylic oxidation sites excluding steroid dienone is 3. The van der Waals surface area contributed by atoms with Crippen LogP contribution in [-0.2, 0) is 0 Å². The fraction of sp³-hybridized carbons (Fsp3) is 0.826. The normalized spacial score (nSPS) is 43.9. The van der Waals surface area contributed by atoms with Gasteiger partial charge in [0.2, 0.25) is 0 Å². The van der Waals surface area contributed by atoms with E-state index in [0.29, 0.717) is 11.2 Å². The van der Waals surface area contributed by atoms with Gasteiger partial charge in [-0.25, -0.2) is 0 Å². The third kappa shape index (κ3) is 2.97. The summed E-state index contributed by atoms with van der Waals surface area (Å²) in [5, 5.41) is 10.4. The summed E-state index contributed by atoms with van der Waals surface area (Å²) in [6.07, 6.45) is 15.2. The monoisotopic (exact) mass is 330 g/mol. The van der Waals surface area contributed by atoms with Crippen molar-refractivity contribution in [1.82, 2.24) is 0 Å². The second-order valence-electron chi connectivity index (χ2n) is 8.97. The second-order valence-corrected chi connectivity index (χ2v) is 8.97. The summed E-state index contributed by atoms with van der Waals surface area (Å²) in [5.74, 6) is 5.28. The first-order valence-corrected chi connectivity index (χ1v) is 10.6. The standard InChI is InChI=1S/C21H32O.C2H6/c1-3-5-15-12-18-14(13-20(15)22)7-8-17-16(18)9-11-21(2)10-4-6-19(17)21;1-2/h3,14,16-19,22H,1,4-13H2,2H3;1-2H3/t14?,16-,17+,18-,19-,21-;/m0./s1. The highest BCUT2D eigenvalue weighted by Crippen LogP contribution is 2.62. The molecule has 4 rings (SSSR count). The predicted molar refractivity (Wildman–Crippen MR) is 103 cm³/mol. The second kappa shape index (κ2) is 7.26. The van der Waals surface area contributed by atoms with E-state index >= 15 is 0 Å². The zero-order chi connectivity index (χ0) is 17.3. The van der Waals surface area contributed by atoms with Crippen LogP contribution in [0.2, 0.25) is 0 Å². The summed E-state index contributed by atoms with van der Waals surface area (Å²) < 4.78 is 0. The molecule has 1 N–H and O–H groups in total. The Labute approximate surface area is 149 Å². The maximum absolute atomic E-state index is 10.4. The molecule has 1 heteroatoms. The van der Waals surface area contributed by atoms with Crippen molar-refractivity contribution in [2.24, 2.45) is 35.0 Å². The molecule has 4 aliphatic rings. The summed E-state index contributed by atoms with van der Waals surface area (Å²) in [6.45, 7) is 10.5. The van der Waals surface area contributed by atoms with Gasteiger partial charge in [-0.15, -0.1) is 6.58 Å². The summed E-state index contributed by atoms with van der Waals surface area (Å²) in [4.78, 5) is 0. The highest BCUT2D eigenvalue weighted by atomic mass is 16.3. The average molecular weight is 331 g/mol. The first kappa shape index (κ1) is 18.1. The van der Waals surface area contributed by atoms with E-state index in [4.69, 9.17) is 0 Å². The van der Waals surface area contributed by atoms with Crippen molar-refractivity contribution < 1.29 is 5.11 Å². The van der Waals surface area contributed by atoms with Gasteiger partial charge in [-0.2, -0.15) is 0 Å². The first-order chi connectivity index (χ1) is 11.6. The molecule has 0 aromatic heterocycles. The zero-order valence-electron chi connectivity index (χ0n) is 16.2. The summed E-state index contributed by atoms with van der Waals surface area (Å²) in [7, 11) is 0. The summed E-state index contributed by atoms with van der Waals surface area (Å²) >= 11 is 0. The van der Waals surface area contributed by atoms with Crippen LogP contribution in [0.1, 0.15) is 85.0 Å². The molecule has 3 saturated carbocycles. The van der Waals surface area contributed by atoms with Crippen LogP contribution in [0.3, 0.4) is 0 Å². The minimum atomic E-state index is 0.671. The quantitative estimate of drug-likeness (QED) is 0.538. The van der Waals surface area contributed by atoms with Gasteiger partial charge in [-0.1, -0.05) is 33.3 Å². The predicted octanol–water partition coefficient (Wildman–Crippen LogP) is 7.05. The number of hydrogen-bond donors (Lipinski definition) is 1. The number of aliphatic hydroxyl groups is 1. The van der Waals surface area contributed by atoms with Crippen molar-refractivity contribution in [3.8, 4) is 0 Å². The van der Waals surface area contributed by atoms with Gasteiger partial charge in [0.25, 0.3) is 0 Å². The Hall–Kier alpha value is -0.720. The van der Waals surface area contributed by atoms with Crippen LogP contribution < -0.4 is 0 Å². The largest absolute Gasteiger partial charge is 0.512 e. The van der Waals surface area contributed by atoms with E-state index in [-0.39, 0.29) is 0 Å². The molecule has 0 spiro atoms. The van der Waals surface area contributed by atoms with Crippen LogP contribution >= 0.6 is 0 Å². The van der Waals surface area contributed by atoms with Gasteiger partial charge in [0.1, 0.15) is 0 Å². The number of fused-ring (bicyclic) bond motifs is 5. The van der Waals surface area contributed by atoms with Gasteiger partial charge in [0.15, 0.2) is 0 Å². The number of rotatable bonds is 2. The van der Waals surface area contributed by atoms with Gasteiger partial charge in [0.05, 0.1) is 5.76 Å². The molecule has 1 unspecified atom stereocenters. The van der Waals surface area contributed by atoms with Crippen molar-refractivity contribution in [1.29, 1.82) is 0 Å². The molecule has 0 bridgehead atoms. The maximum atomic E-state index is 10.4. The Morgan fingerprint density at radius 1 is 1.04 bits per heavy atom. The molecule has 0 radical (unpaired) electrons. The van der Waals surface area contributed by atoms with Crippen molar-refractivity contribution in [2.75, 3.05) is 0 Å². The lowest BCUT2D eigenvalue weighted by molar-refractivity contribution is -0.0423. The van der Waals surface area contributed by atoms with Crippen LogP contribution in [0.4, 0.5) is 0 Å². The summed E-state index contributed by atoms with van der Waals surface area (Å²) in [5.41, 5.74) is 1.97. The molecule has 0 aromatic carbocycles. The molecular formula is C23H38O. The third-order valence-electron chi connectivity index (χ3n) is 8.04. The van der Waals surface area contributed by atoms with Crippen molar-refractivity contribution in [2.45, 2.75) is 85.0 Å². The van der Waals surface area contributed by atoms with Crippen LogP contribution in [-0.4, -0.2) is 5.11 Å². The fourth-order valence-electron chi connectivity index (χ4n) is 6.97. The minimum Gasteiger partial charge on any atom is -0.512 e. The van der Waals surface area contributed by atoms with Crippen molar-refractivity contribution in [3.63, 3.8) is 0 Å². The van der Waals surface area contributed by atoms with E-state index < -0.39 is 0 Å². The molecule has 1 nitrogen and oxygen atoms in total. The Morgan fingerprint density at radius 2 is 1.83 bits per heavy atom. The molecule has 24 heavy (non-hydrogen) atoms. The van der Waals surface area contributed by atoms with Crippen LogP contribution in [0.5, 0.6) is 0 Å². The van der Waals surface area contributed by atoms with E-state index in [9.17, 15) is 5.11 Å². The molecule has 0 heterocycles. The first-order valence-electron chi connectivity index (χ1n) is 10.6. The lowest BCUT2D eigenvalue weighted by Crippen LogP contribution is -2.46. The SMILES string of the molecule is C=CCC1=C(O)CC2CC[C@@H]3[C@H](CC[C@]4(C)CCC[C@@H]34)[C@H]2C1.CC. The molecule has 4 aliphatic carbocycles. The van der Waals surface area contributed by atoms with E-state index in [1.54, 1.807) is 0 Å². The highest BCUT2D eigenvalue weighted by Gasteiger charge is 2.53. The Bertz CT molecular complexity index is 490. The fourth-order valence-corrected chi connectivity index (χ4v) is 6.97.